The topological polar surface area (TPSA) is 34.1 Å². The van der Waals surface area contributed by atoms with Crippen LogP contribution in [0.25, 0.3) is 0 Å². The molecule has 0 radical (unpaired) electrons. The van der Waals surface area contributed by atoms with Gasteiger partial charge in [-0.2, -0.15) is 0 Å². The van der Waals surface area contributed by atoms with Crippen LogP contribution in [0.4, 0.5) is 8.78 Å². The molecule has 0 spiro atoms. The van der Waals surface area contributed by atoms with Crippen molar-refractivity contribution in [2.75, 3.05) is 0 Å². The summed E-state index contributed by atoms with van der Waals surface area (Å²) in [6.45, 7) is 0. The molecular weight excluding hydrogens is 466 g/mol. The second-order valence-corrected chi connectivity index (χ2v) is 11.8. The van der Waals surface area contributed by atoms with E-state index in [4.69, 9.17) is 0 Å². The second-order valence-electron chi connectivity index (χ2n) is 11.8. The zero-order valence-electron chi connectivity index (χ0n) is 20.9. The van der Waals surface area contributed by atoms with Crippen LogP contribution in [0.15, 0.2) is 78.9 Å². The van der Waals surface area contributed by atoms with Crippen molar-refractivity contribution in [1.29, 1.82) is 0 Å². The van der Waals surface area contributed by atoms with Crippen molar-refractivity contribution in [2.45, 2.75) is 50.9 Å². The lowest BCUT2D eigenvalue weighted by atomic mass is 9.48. The van der Waals surface area contributed by atoms with E-state index in [1.807, 2.05) is 6.07 Å². The molecule has 1 atom stereocenters. The van der Waals surface area contributed by atoms with Crippen LogP contribution < -0.4 is 0 Å². The fourth-order valence-electron chi connectivity index (χ4n) is 8.17. The first kappa shape index (κ1) is 24.2. The normalized spacial score (nSPS) is 26.8. The molecule has 0 saturated heterocycles. The van der Waals surface area contributed by atoms with Gasteiger partial charge >= 0.3 is 0 Å². The first-order valence-electron chi connectivity index (χ1n) is 13.5. The van der Waals surface area contributed by atoms with E-state index in [9.17, 15) is 18.4 Å². The van der Waals surface area contributed by atoms with E-state index in [0.717, 1.165) is 19.3 Å². The molecule has 4 bridgehead atoms. The van der Waals surface area contributed by atoms with E-state index in [1.165, 1.54) is 43.5 Å². The number of hydrogen-bond acceptors (Lipinski definition) is 2. The Morgan fingerprint density at radius 2 is 1.16 bits per heavy atom. The molecule has 4 saturated carbocycles. The standard InChI is InChI=1S/C33H32F2O2/c34-27-10-6-24(7-11-27)30(25-8-12-28(35)13-9-25)31(32(37)26-4-2-1-3-5-26)29(36)20-33-17-21-14-22(18-33)16-23(15-21)19-33/h1-13,21-23,30-31H,14-20H2/t21?,22?,23?,31-,33?/m1/s1. The molecule has 4 aliphatic rings. The van der Waals surface area contributed by atoms with Crippen LogP contribution in [0.2, 0.25) is 0 Å². The fraction of sp³-hybridized carbons (Fsp3) is 0.394. The Balaban J connectivity index is 1.42. The number of ketones is 2. The third-order valence-corrected chi connectivity index (χ3v) is 9.19. The summed E-state index contributed by atoms with van der Waals surface area (Å²) < 4.78 is 27.8. The van der Waals surface area contributed by atoms with Gasteiger partial charge in [0.2, 0.25) is 0 Å². The molecule has 0 amide bonds. The molecule has 37 heavy (non-hydrogen) atoms. The van der Waals surface area contributed by atoms with E-state index in [1.54, 1.807) is 48.5 Å². The molecule has 3 aromatic carbocycles. The number of Topliss-reactive ketones (excluding diaryl/α,β-unsaturated/α-hetero) is 2. The summed E-state index contributed by atoms with van der Waals surface area (Å²) >= 11 is 0. The minimum absolute atomic E-state index is 0.0167. The molecular formula is C33H32F2O2. The van der Waals surface area contributed by atoms with Crippen LogP contribution in [0, 0.1) is 40.7 Å². The van der Waals surface area contributed by atoms with Gasteiger partial charge in [-0.05, 0) is 97.1 Å². The van der Waals surface area contributed by atoms with Crippen LogP contribution >= 0.6 is 0 Å². The third-order valence-electron chi connectivity index (χ3n) is 9.19. The Hall–Kier alpha value is -3.14. The summed E-state index contributed by atoms with van der Waals surface area (Å²) in [6.07, 6.45) is 7.49. The molecule has 0 heterocycles. The molecule has 2 nitrogen and oxygen atoms in total. The zero-order valence-corrected chi connectivity index (χ0v) is 20.9. The average Bonchev–Trinajstić information content (AvgIpc) is 2.87. The monoisotopic (exact) mass is 498 g/mol. The smallest absolute Gasteiger partial charge is 0.174 e. The lowest BCUT2D eigenvalue weighted by Gasteiger charge is -2.57. The predicted octanol–water partition coefficient (Wildman–Crippen LogP) is 7.77. The van der Waals surface area contributed by atoms with Crippen LogP contribution in [0.3, 0.4) is 0 Å². The highest BCUT2D eigenvalue weighted by atomic mass is 19.1. The summed E-state index contributed by atoms with van der Waals surface area (Å²) in [6, 6.07) is 21.0. The van der Waals surface area contributed by atoms with E-state index < -0.39 is 11.8 Å². The van der Waals surface area contributed by atoms with Gasteiger partial charge < -0.3 is 0 Å². The van der Waals surface area contributed by atoms with Crippen LogP contribution in [-0.2, 0) is 4.79 Å². The van der Waals surface area contributed by atoms with Crippen molar-refractivity contribution in [3.05, 3.63) is 107 Å². The van der Waals surface area contributed by atoms with E-state index in [2.05, 4.69) is 0 Å². The lowest BCUT2D eigenvalue weighted by molar-refractivity contribution is -0.130. The summed E-state index contributed by atoms with van der Waals surface area (Å²) in [5.74, 6) is -0.531. The average molecular weight is 499 g/mol. The highest BCUT2D eigenvalue weighted by Gasteiger charge is 2.52. The maximum absolute atomic E-state index is 14.4. The van der Waals surface area contributed by atoms with Crippen molar-refractivity contribution >= 4 is 11.6 Å². The highest BCUT2D eigenvalue weighted by Crippen LogP contribution is 2.61. The summed E-state index contributed by atoms with van der Waals surface area (Å²) in [5, 5.41) is 0. The number of halogens is 2. The predicted molar refractivity (Wildman–Crippen MR) is 139 cm³/mol. The minimum Gasteiger partial charge on any atom is -0.299 e. The van der Waals surface area contributed by atoms with Crippen LogP contribution in [0.5, 0.6) is 0 Å². The summed E-state index contributed by atoms with van der Waals surface area (Å²) in [7, 11) is 0. The molecule has 0 aliphatic heterocycles. The second kappa shape index (κ2) is 9.63. The van der Waals surface area contributed by atoms with Crippen LogP contribution in [-0.4, -0.2) is 11.6 Å². The van der Waals surface area contributed by atoms with Crippen molar-refractivity contribution in [2.24, 2.45) is 29.1 Å². The van der Waals surface area contributed by atoms with Gasteiger partial charge in [-0.15, -0.1) is 0 Å². The molecule has 4 heteroatoms. The van der Waals surface area contributed by atoms with E-state index in [-0.39, 0.29) is 28.6 Å². The van der Waals surface area contributed by atoms with Gasteiger partial charge in [-0.1, -0.05) is 54.6 Å². The molecule has 4 aliphatic carbocycles. The van der Waals surface area contributed by atoms with E-state index in [0.29, 0.717) is 40.9 Å². The molecule has 7 rings (SSSR count). The largest absolute Gasteiger partial charge is 0.299 e. The lowest BCUT2D eigenvalue weighted by Crippen LogP contribution is -2.48. The summed E-state index contributed by atoms with van der Waals surface area (Å²) in [5.41, 5.74) is 1.83. The van der Waals surface area contributed by atoms with Crippen molar-refractivity contribution in [1.82, 2.24) is 0 Å². The van der Waals surface area contributed by atoms with Crippen molar-refractivity contribution in [3.8, 4) is 0 Å². The molecule has 0 N–H and O–H groups in total. The van der Waals surface area contributed by atoms with Crippen molar-refractivity contribution < 1.29 is 18.4 Å². The number of carbonyl (C=O) groups excluding carboxylic acids is 2. The molecule has 0 aromatic heterocycles. The van der Waals surface area contributed by atoms with Gasteiger partial charge in [0, 0.05) is 17.9 Å². The minimum atomic E-state index is -0.966. The maximum Gasteiger partial charge on any atom is 0.174 e. The molecule has 4 fully saturated rings. The Morgan fingerprint density at radius 1 is 0.703 bits per heavy atom. The highest BCUT2D eigenvalue weighted by molar-refractivity contribution is 6.12. The Morgan fingerprint density at radius 3 is 1.62 bits per heavy atom. The van der Waals surface area contributed by atoms with Crippen LogP contribution in [0.1, 0.15) is 72.3 Å². The number of rotatable bonds is 8. The Kier molecular flexibility index (Phi) is 6.30. The van der Waals surface area contributed by atoms with Gasteiger partial charge in [0.05, 0.1) is 5.92 Å². The third kappa shape index (κ3) is 4.79. The van der Waals surface area contributed by atoms with Crippen molar-refractivity contribution in [3.63, 3.8) is 0 Å². The molecule has 190 valence electrons. The zero-order chi connectivity index (χ0) is 25.6. The summed E-state index contributed by atoms with van der Waals surface area (Å²) in [4.78, 5) is 28.5. The Bertz CT molecular complexity index is 1200. The quantitative estimate of drug-likeness (QED) is 0.235. The van der Waals surface area contributed by atoms with E-state index >= 15 is 0 Å². The van der Waals surface area contributed by atoms with Gasteiger partial charge in [0.25, 0.3) is 0 Å². The first-order valence-corrected chi connectivity index (χ1v) is 13.5. The van der Waals surface area contributed by atoms with Gasteiger partial charge in [-0.25, -0.2) is 8.78 Å². The molecule has 3 aromatic rings. The number of hydrogen-bond donors (Lipinski definition) is 0. The molecule has 0 unspecified atom stereocenters. The fourth-order valence-corrected chi connectivity index (χ4v) is 8.17. The van der Waals surface area contributed by atoms with Gasteiger partial charge in [-0.3, -0.25) is 9.59 Å². The number of carbonyl (C=O) groups is 2. The van der Waals surface area contributed by atoms with Gasteiger partial charge in [0.1, 0.15) is 17.4 Å². The SMILES string of the molecule is O=C(CC12CC3CC(CC(C3)C1)C2)[C@@H](C(=O)c1ccccc1)C(c1ccc(F)cc1)c1ccc(F)cc1. The maximum atomic E-state index is 14.4. The van der Waals surface area contributed by atoms with Gasteiger partial charge in [0.15, 0.2) is 5.78 Å². The number of benzene rings is 3. The Labute approximate surface area is 217 Å². The first-order chi connectivity index (χ1) is 17.9.